The number of carbonyl (C=O) groups is 2. The number of nitrogens with two attached hydrogens (primary N) is 1. The number of ether oxygens (including phenoxy) is 1. The summed E-state index contributed by atoms with van der Waals surface area (Å²) in [4.78, 5) is 22.7. The molecule has 0 unspecified atom stereocenters. The van der Waals surface area contributed by atoms with Gasteiger partial charge in [-0.2, -0.15) is 0 Å². The maximum Gasteiger partial charge on any atom is 0.320 e. The molecule has 0 aromatic carbocycles. The number of rotatable bonds is 8. The molecular weight excluding hydrogens is 234 g/mol. The van der Waals surface area contributed by atoms with E-state index in [1.165, 1.54) is 0 Å². The average Bonchev–Trinajstić information content (AvgIpc) is 2.19. The van der Waals surface area contributed by atoms with E-state index >= 15 is 0 Å². The topological polar surface area (TPSA) is 89.6 Å². The van der Waals surface area contributed by atoms with E-state index in [1.807, 2.05) is 0 Å². The normalized spacial score (nSPS) is 13.1. The molecule has 0 spiro atoms. The molecule has 1 atom stereocenters. The van der Waals surface area contributed by atoms with Crippen molar-refractivity contribution in [2.45, 2.75) is 58.5 Å². The van der Waals surface area contributed by atoms with Gasteiger partial charge in [-0.1, -0.05) is 19.3 Å². The van der Waals surface area contributed by atoms with Gasteiger partial charge in [0.05, 0.1) is 0 Å². The van der Waals surface area contributed by atoms with E-state index in [2.05, 4.69) is 0 Å². The van der Waals surface area contributed by atoms with Crippen molar-refractivity contribution < 1.29 is 19.4 Å². The van der Waals surface area contributed by atoms with E-state index in [4.69, 9.17) is 15.6 Å². The highest BCUT2D eigenvalue weighted by Crippen LogP contribution is 2.17. The first kappa shape index (κ1) is 16.9. The minimum atomic E-state index is -1.11. The zero-order valence-electron chi connectivity index (χ0n) is 11.6. The fourth-order valence-electron chi connectivity index (χ4n) is 1.56. The van der Waals surface area contributed by atoms with Crippen LogP contribution in [0.2, 0.25) is 0 Å². The highest BCUT2D eigenvalue weighted by atomic mass is 16.6. The van der Waals surface area contributed by atoms with Crippen LogP contribution in [0.25, 0.3) is 0 Å². The van der Waals surface area contributed by atoms with Gasteiger partial charge < -0.3 is 15.6 Å². The lowest BCUT2D eigenvalue weighted by atomic mass is 10.0. The number of aliphatic carboxylic acids is 1. The molecule has 106 valence electrons. The molecule has 0 aliphatic rings. The van der Waals surface area contributed by atoms with Crippen molar-refractivity contribution in [1.82, 2.24) is 0 Å². The third-order valence-corrected chi connectivity index (χ3v) is 2.44. The second-order valence-electron chi connectivity index (χ2n) is 5.42. The fraction of sp³-hybridized carbons (Fsp3) is 0.846. The molecule has 0 saturated carbocycles. The van der Waals surface area contributed by atoms with Crippen LogP contribution in [0.4, 0.5) is 0 Å². The summed E-state index contributed by atoms with van der Waals surface area (Å²) in [5.74, 6) is -2.81. The van der Waals surface area contributed by atoms with E-state index in [9.17, 15) is 9.59 Å². The predicted octanol–water partition coefficient (Wildman–Crippen LogP) is 1.94. The minimum Gasteiger partial charge on any atom is -0.481 e. The molecule has 0 rings (SSSR count). The quantitative estimate of drug-likeness (QED) is 0.395. The van der Waals surface area contributed by atoms with E-state index in [-0.39, 0.29) is 0 Å². The summed E-state index contributed by atoms with van der Waals surface area (Å²) in [6.45, 7) is 5.83. The van der Waals surface area contributed by atoms with E-state index < -0.39 is 23.5 Å². The lowest BCUT2D eigenvalue weighted by Crippen LogP contribution is -2.32. The van der Waals surface area contributed by atoms with Crippen LogP contribution in [-0.4, -0.2) is 29.2 Å². The third-order valence-electron chi connectivity index (χ3n) is 2.44. The first-order chi connectivity index (χ1) is 8.28. The zero-order valence-corrected chi connectivity index (χ0v) is 11.6. The van der Waals surface area contributed by atoms with Gasteiger partial charge in [-0.25, -0.2) is 0 Å². The largest absolute Gasteiger partial charge is 0.481 e. The molecule has 18 heavy (non-hydrogen) atoms. The first-order valence-corrected chi connectivity index (χ1v) is 6.43. The van der Waals surface area contributed by atoms with Crippen LogP contribution in [0.3, 0.4) is 0 Å². The Balaban J connectivity index is 4.15. The van der Waals surface area contributed by atoms with Crippen molar-refractivity contribution in [3.8, 4) is 0 Å². The van der Waals surface area contributed by atoms with Crippen LogP contribution in [0.5, 0.6) is 0 Å². The van der Waals surface area contributed by atoms with Gasteiger partial charge >= 0.3 is 11.9 Å². The molecule has 0 fully saturated rings. The third kappa shape index (κ3) is 8.06. The molecule has 0 heterocycles. The van der Waals surface area contributed by atoms with Crippen LogP contribution < -0.4 is 5.73 Å². The Morgan fingerprint density at radius 3 is 2.17 bits per heavy atom. The lowest BCUT2D eigenvalue weighted by Gasteiger charge is -2.22. The summed E-state index contributed by atoms with van der Waals surface area (Å²) in [6, 6.07) is 0. The number of carbonyl (C=O) groups excluding carboxylic acids is 1. The molecule has 0 saturated heterocycles. The van der Waals surface area contributed by atoms with Crippen molar-refractivity contribution in [2.75, 3.05) is 6.54 Å². The maximum atomic E-state index is 11.7. The molecule has 0 aromatic rings. The standard InChI is InChI=1S/C13H25NO4/c1-13(2,3)18-12(17)10(11(15)16)8-6-4-5-7-9-14/h10H,4-9,14H2,1-3H3,(H,15,16)/t10-/m1/s1. The highest BCUT2D eigenvalue weighted by molar-refractivity contribution is 5.94. The smallest absolute Gasteiger partial charge is 0.320 e. The van der Waals surface area contributed by atoms with Crippen LogP contribution in [0.1, 0.15) is 52.9 Å². The Hall–Kier alpha value is -1.10. The van der Waals surface area contributed by atoms with E-state index in [0.29, 0.717) is 19.4 Å². The van der Waals surface area contributed by atoms with Crippen LogP contribution in [-0.2, 0) is 14.3 Å². The van der Waals surface area contributed by atoms with Crippen LogP contribution >= 0.6 is 0 Å². The molecule has 0 aliphatic carbocycles. The van der Waals surface area contributed by atoms with Crippen molar-refractivity contribution in [2.24, 2.45) is 11.7 Å². The first-order valence-electron chi connectivity index (χ1n) is 6.43. The predicted molar refractivity (Wildman–Crippen MR) is 69.1 cm³/mol. The Morgan fingerprint density at radius 2 is 1.72 bits per heavy atom. The molecule has 0 amide bonds. The lowest BCUT2D eigenvalue weighted by molar-refractivity contribution is -0.167. The number of unbranched alkanes of at least 4 members (excludes halogenated alkanes) is 3. The Labute approximate surface area is 109 Å². The summed E-state index contributed by atoms with van der Waals surface area (Å²) in [6.07, 6.45) is 3.83. The number of hydrogen-bond donors (Lipinski definition) is 2. The van der Waals surface area contributed by atoms with Crippen molar-refractivity contribution >= 4 is 11.9 Å². The minimum absolute atomic E-state index is 0.328. The van der Waals surface area contributed by atoms with Crippen molar-refractivity contribution in [3.63, 3.8) is 0 Å². The molecule has 5 nitrogen and oxygen atoms in total. The maximum absolute atomic E-state index is 11.7. The average molecular weight is 259 g/mol. The molecular formula is C13H25NO4. The molecule has 0 bridgehead atoms. The summed E-state index contributed by atoms with van der Waals surface area (Å²) in [7, 11) is 0. The van der Waals surface area contributed by atoms with Gasteiger partial charge in [0, 0.05) is 0 Å². The monoisotopic (exact) mass is 259 g/mol. The second-order valence-corrected chi connectivity index (χ2v) is 5.42. The molecule has 3 N–H and O–H groups in total. The Morgan fingerprint density at radius 1 is 1.17 bits per heavy atom. The summed E-state index contributed by atoms with van der Waals surface area (Å²) >= 11 is 0. The fourth-order valence-corrected chi connectivity index (χ4v) is 1.56. The van der Waals surface area contributed by atoms with Crippen LogP contribution in [0, 0.1) is 5.92 Å². The Bertz CT molecular complexity index is 271. The summed E-state index contributed by atoms with van der Waals surface area (Å²) in [5, 5.41) is 9.02. The van der Waals surface area contributed by atoms with Gasteiger partial charge in [0.2, 0.25) is 0 Å². The van der Waals surface area contributed by atoms with Gasteiger partial charge in [0.15, 0.2) is 5.92 Å². The van der Waals surface area contributed by atoms with Crippen molar-refractivity contribution in [1.29, 1.82) is 0 Å². The molecule has 0 aliphatic heterocycles. The molecule has 0 radical (unpaired) electrons. The van der Waals surface area contributed by atoms with E-state index in [0.717, 1.165) is 19.3 Å². The number of esters is 1. The van der Waals surface area contributed by atoms with Gasteiger partial charge in [0.25, 0.3) is 0 Å². The van der Waals surface area contributed by atoms with Crippen molar-refractivity contribution in [3.05, 3.63) is 0 Å². The van der Waals surface area contributed by atoms with Crippen LogP contribution in [0.15, 0.2) is 0 Å². The van der Waals surface area contributed by atoms with Gasteiger partial charge in [0.1, 0.15) is 5.60 Å². The SMILES string of the molecule is CC(C)(C)OC(=O)[C@H](CCCCCCN)C(=O)O. The Kier molecular flexibility index (Phi) is 7.59. The summed E-state index contributed by atoms with van der Waals surface area (Å²) in [5.41, 5.74) is 4.72. The molecule has 0 aromatic heterocycles. The number of carboxylic acid groups (broad SMARTS) is 1. The number of hydrogen-bond acceptors (Lipinski definition) is 4. The molecule has 5 heteroatoms. The highest BCUT2D eigenvalue weighted by Gasteiger charge is 2.30. The van der Waals surface area contributed by atoms with Gasteiger partial charge in [-0.05, 0) is 40.2 Å². The zero-order chi connectivity index (χ0) is 14.2. The van der Waals surface area contributed by atoms with E-state index in [1.54, 1.807) is 20.8 Å². The second kappa shape index (κ2) is 8.08. The summed E-state index contributed by atoms with van der Waals surface area (Å²) < 4.78 is 5.10. The van der Waals surface area contributed by atoms with Gasteiger partial charge in [-0.15, -0.1) is 0 Å². The number of carboxylic acids is 1. The van der Waals surface area contributed by atoms with Gasteiger partial charge in [-0.3, -0.25) is 9.59 Å².